The number of hydrogen-bond acceptors (Lipinski definition) is 8. The Morgan fingerprint density at radius 3 is 2.84 bits per heavy atom. The summed E-state index contributed by atoms with van der Waals surface area (Å²) in [4.78, 5) is 30.5. The summed E-state index contributed by atoms with van der Waals surface area (Å²) in [6.45, 7) is 0.279. The molecule has 0 spiro atoms. The second kappa shape index (κ2) is 6.44. The van der Waals surface area contributed by atoms with Crippen molar-refractivity contribution in [3.8, 4) is 0 Å². The number of nitrogens with two attached hydrogens (primary N) is 1. The molecular formula is C9H15N7O3. The first-order valence-electron chi connectivity index (χ1n) is 5.39. The van der Waals surface area contributed by atoms with E-state index < -0.39 is 4.92 Å². The maximum Gasteiger partial charge on any atom is 0.329 e. The highest BCUT2D eigenvalue weighted by Crippen LogP contribution is 2.24. The molecule has 0 saturated heterocycles. The first-order chi connectivity index (χ1) is 8.99. The zero-order valence-corrected chi connectivity index (χ0v) is 10.6. The fourth-order valence-corrected chi connectivity index (χ4v) is 1.35. The molecule has 0 radical (unpaired) electrons. The van der Waals surface area contributed by atoms with Crippen molar-refractivity contribution in [3.63, 3.8) is 0 Å². The van der Waals surface area contributed by atoms with Gasteiger partial charge < -0.3 is 10.2 Å². The molecule has 0 unspecified atom stereocenters. The second-order valence-electron chi connectivity index (χ2n) is 3.65. The molecule has 1 amide bonds. The first kappa shape index (κ1) is 14.6. The number of nitrogen functional groups attached to an aromatic ring is 1. The minimum atomic E-state index is -0.591. The highest BCUT2D eigenvalue weighted by atomic mass is 16.6. The maximum absolute atomic E-state index is 11.2. The van der Waals surface area contributed by atoms with Gasteiger partial charge >= 0.3 is 5.69 Å². The number of nitrogens with zero attached hydrogens (tertiary/aromatic N) is 4. The lowest BCUT2D eigenvalue weighted by molar-refractivity contribution is -0.384. The number of amides is 1. The van der Waals surface area contributed by atoms with Gasteiger partial charge in [-0.25, -0.2) is 10.8 Å². The number of carbonyl (C=O) groups excluding carboxylic acids is 1. The quantitative estimate of drug-likeness (QED) is 0.348. The molecule has 1 heterocycles. The summed E-state index contributed by atoms with van der Waals surface area (Å²) in [5, 5.41) is 13.4. The highest BCUT2D eigenvalue weighted by Gasteiger charge is 2.20. The number of nitrogens with one attached hydrogen (secondary N) is 2. The Morgan fingerprint density at radius 2 is 2.32 bits per heavy atom. The van der Waals surface area contributed by atoms with Crippen molar-refractivity contribution in [1.82, 2.24) is 15.3 Å². The van der Waals surface area contributed by atoms with Crippen LogP contribution in [0.5, 0.6) is 0 Å². The number of nitro groups is 1. The van der Waals surface area contributed by atoms with Gasteiger partial charge in [-0.2, -0.15) is 4.98 Å². The van der Waals surface area contributed by atoms with Crippen molar-refractivity contribution in [2.45, 2.75) is 6.42 Å². The van der Waals surface area contributed by atoms with Gasteiger partial charge in [0.15, 0.2) is 0 Å². The Labute approximate surface area is 109 Å². The van der Waals surface area contributed by atoms with Crippen molar-refractivity contribution >= 4 is 23.4 Å². The SMILES string of the molecule is CNC(=O)CCN(C)c1nc(NN)ncc1[N+](=O)[O-]. The standard InChI is InChI=1S/C9H15N7O3/c1-11-7(17)3-4-15(2)8-6(16(18)19)5-12-9(13-8)14-10/h5H,3-4,10H2,1-2H3,(H,11,17)(H,12,13,14). The zero-order valence-electron chi connectivity index (χ0n) is 10.6. The normalized spacial score (nSPS) is 9.84. The van der Waals surface area contributed by atoms with E-state index in [1.165, 1.54) is 11.9 Å². The van der Waals surface area contributed by atoms with Crippen LogP contribution in [-0.2, 0) is 4.79 Å². The molecule has 0 fully saturated rings. The summed E-state index contributed by atoms with van der Waals surface area (Å²) >= 11 is 0. The largest absolute Gasteiger partial charge is 0.359 e. The molecule has 0 aliphatic carbocycles. The van der Waals surface area contributed by atoms with Crippen LogP contribution in [0.3, 0.4) is 0 Å². The Bertz CT molecular complexity index is 479. The van der Waals surface area contributed by atoms with Crippen LogP contribution in [0.1, 0.15) is 6.42 Å². The molecule has 0 aliphatic heterocycles. The monoisotopic (exact) mass is 269 g/mol. The minimum Gasteiger partial charge on any atom is -0.359 e. The van der Waals surface area contributed by atoms with Gasteiger partial charge in [0.2, 0.25) is 17.7 Å². The molecule has 0 aromatic carbocycles. The fourth-order valence-electron chi connectivity index (χ4n) is 1.35. The summed E-state index contributed by atoms with van der Waals surface area (Å²) in [5.41, 5.74) is 1.96. The molecule has 0 bridgehead atoms. The van der Waals surface area contributed by atoms with Gasteiger partial charge in [0.25, 0.3) is 0 Å². The lowest BCUT2D eigenvalue weighted by Gasteiger charge is -2.17. The average molecular weight is 269 g/mol. The number of hydrogen-bond donors (Lipinski definition) is 3. The van der Waals surface area contributed by atoms with Crippen molar-refractivity contribution < 1.29 is 9.72 Å². The van der Waals surface area contributed by atoms with Crippen molar-refractivity contribution in [2.24, 2.45) is 5.84 Å². The van der Waals surface area contributed by atoms with E-state index in [1.807, 2.05) is 0 Å². The number of rotatable bonds is 6. The molecule has 1 aromatic rings. The lowest BCUT2D eigenvalue weighted by Crippen LogP contribution is -2.27. The topological polar surface area (TPSA) is 139 Å². The molecule has 10 heteroatoms. The van der Waals surface area contributed by atoms with Gasteiger partial charge in [-0.05, 0) is 0 Å². The number of aromatic nitrogens is 2. The molecule has 19 heavy (non-hydrogen) atoms. The molecule has 0 saturated carbocycles. The molecule has 1 aromatic heterocycles. The van der Waals surface area contributed by atoms with Gasteiger partial charge in [-0.15, -0.1) is 0 Å². The Balaban J connectivity index is 2.95. The Kier molecular flexibility index (Phi) is 4.94. The van der Waals surface area contributed by atoms with Crippen LogP contribution in [0.2, 0.25) is 0 Å². The van der Waals surface area contributed by atoms with E-state index in [0.717, 1.165) is 6.20 Å². The van der Waals surface area contributed by atoms with Crippen LogP contribution >= 0.6 is 0 Å². The maximum atomic E-state index is 11.2. The lowest BCUT2D eigenvalue weighted by atomic mass is 10.3. The van der Waals surface area contributed by atoms with Crippen molar-refractivity contribution in [3.05, 3.63) is 16.3 Å². The first-order valence-corrected chi connectivity index (χ1v) is 5.39. The number of hydrazine groups is 1. The summed E-state index contributed by atoms with van der Waals surface area (Å²) in [5.74, 6) is 5.15. The minimum absolute atomic E-state index is 0.0624. The number of carbonyl (C=O) groups is 1. The van der Waals surface area contributed by atoms with Crippen LogP contribution in [0, 0.1) is 10.1 Å². The highest BCUT2D eigenvalue weighted by molar-refractivity contribution is 5.76. The van der Waals surface area contributed by atoms with E-state index in [1.54, 1.807) is 7.05 Å². The molecule has 1 rings (SSSR count). The third-order valence-electron chi connectivity index (χ3n) is 2.39. The second-order valence-corrected chi connectivity index (χ2v) is 3.65. The molecule has 10 nitrogen and oxygen atoms in total. The predicted molar refractivity (Wildman–Crippen MR) is 68.5 cm³/mol. The van der Waals surface area contributed by atoms with Gasteiger partial charge in [-0.1, -0.05) is 0 Å². The molecular weight excluding hydrogens is 254 g/mol. The van der Waals surface area contributed by atoms with Gasteiger partial charge in [0, 0.05) is 27.1 Å². The zero-order chi connectivity index (χ0) is 14.4. The summed E-state index contributed by atoms with van der Waals surface area (Å²) < 4.78 is 0. The Morgan fingerprint density at radius 1 is 1.63 bits per heavy atom. The van der Waals surface area contributed by atoms with E-state index in [4.69, 9.17) is 5.84 Å². The summed E-state index contributed by atoms with van der Waals surface area (Å²) in [6.07, 6.45) is 1.26. The molecule has 104 valence electrons. The Hall–Kier alpha value is -2.49. The van der Waals surface area contributed by atoms with Crippen molar-refractivity contribution in [2.75, 3.05) is 31.0 Å². The van der Waals surface area contributed by atoms with Gasteiger partial charge in [0.05, 0.1) is 4.92 Å². The van der Waals surface area contributed by atoms with E-state index in [2.05, 4.69) is 20.7 Å². The van der Waals surface area contributed by atoms with Crippen LogP contribution < -0.4 is 21.5 Å². The molecule has 0 aliphatic rings. The van der Waals surface area contributed by atoms with Crippen LogP contribution in [0.15, 0.2) is 6.20 Å². The summed E-state index contributed by atoms with van der Waals surface area (Å²) in [7, 11) is 3.12. The molecule has 4 N–H and O–H groups in total. The van der Waals surface area contributed by atoms with Crippen LogP contribution in [0.25, 0.3) is 0 Å². The smallest absolute Gasteiger partial charge is 0.329 e. The van der Waals surface area contributed by atoms with Gasteiger partial charge in [-0.3, -0.25) is 20.3 Å². The van der Waals surface area contributed by atoms with Crippen molar-refractivity contribution in [1.29, 1.82) is 0 Å². The number of anilines is 2. The van der Waals surface area contributed by atoms with E-state index in [-0.39, 0.29) is 36.3 Å². The predicted octanol–water partition coefficient (Wildman–Crippen LogP) is -0.757. The van der Waals surface area contributed by atoms with E-state index in [0.29, 0.717) is 0 Å². The third kappa shape index (κ3) is 3.74. The van der Waals surface area contributed by atoms with Crippen LogP contribution in [0.4, 0.5) is 17.5 Å². The average Bonchev–Trinajstić information content (AvgIpc) is 2.43. The van der Waals surface area contributed by atoms with E-state index >= 15 is 0 Å². The van der Waals surface area contributed by atoms with E-state index in [9.17, 15) is 14.9 Å². The summed E-state index contributed by atoms with van der Waals surface area (Å²) in [6, 6.07) is 0. The molecule has 0 atom stereocenters. The fraction of sp³-hybridized carbons (Fsp3) is 0.444. The van der Waals surface area contributed by atoms with Gasteiger partial charge in [0.1, 0.15) is 6.20 Å². The van der Waals surface area contributed by atoms with Crippen LogP contribution in [-0.4, -0.2) is 41.4 Å². The third-order valence-corrected chi connectivity index (χ3v) is 2.39.